The van der Waals surface area contributed by atoms with Crippen molar-refractivity contribution in [2.45, 2.75) is 32.7 Å². The molecular weight excluding hydrogens is 334 g/mol. The van der Waals surface area contributed by atoms with Crippen molar-refractivity contribution in [1.29, 1.82) is 0 Å². The maximum absolute atomic E-state index is 12.7. The first-order chi connectivity index (χ1) is 12.0. The molecule has 0 radical (unpaired) electrons. The van der Waals surface area contributed by atoms with Gasteiger partial charge in [0.25, 0.3) is 0 Å². The normalized spacial score (nSPS) is 18.6. The zero-order chi connectivity index (χ0) is 17.8. The summed E-state index contributed by atoms with van der Waals surface area (Å²) in [4.78, 5) is 31.1. The zero-order valence-corrected chi connectivity index (χ0v) is 15.3. The molecule has 0 aliphatic carbocycles. The first-order valence-electron chi connectivity index (χ1n) is 8.59. The van der Waals surface area contributed by atoms with E-state index >= 15 is 0 Å². The number of carbonyl (C=O) groups excluding carboxylic acids is 2. The first kappa shape index (κ1) is 17.6. The van der Waals surface area contributed by atoms with Gasteiger partial charge in [0, 0.05) is 30.2 Å². The molecule has 6 heteroatoms. The Balaban J connectivity index is 1.67. The Morgan fingerprint density at radius 2 is 2.12 bits per heavy atom. The molecule has 1 aliphatic rings. The van der Waals surface area contributed by atoms with Crippen molar-refractivity contribution in [2.75, 3.05) is 11.4 Å². The number of hydrogen-bond acceptors (Lipinski definition) is 4. The largest absolute Gasteiger partial charge is 0.347 e. The second-order valence-corrected chi connectivity index (χ2v) is 7.73. The Morgan fingerprint density at radius 3 is 2.76 bits per heavy atom. The van der Waals surface area contributed by atoms with Crippen molar-refractivity contribution in [3.63, 3.8) is 0 Å². The third-order valence-corrected chi connectivity index (χ3v) is 5.23. The number of thiazole rings is 1. The molecule has 3 rings (SSSR count). The second kappa shape index (κ2) is 7.78. The van der Waals surface area contributed by atoms with Gasteiger partial charge in [0.05, 0.1) is 12.0 Å². The Morgan fingerprint density at radius 1 is 1.36 bits per heavy atom. The van der Waals surface area contributed by atoms with Gasteiger partial charge in [0.1, 0.15) is 5.01 Å². The van der Waals surface area contributed by atoms with Crippen LogP contribution in [0.1, 0.15) is 37.7 Å². The van der Waals surface area contributed by atoms with Crippen LogP contribution >= 0.6 is 11.3 Å². The van der Waals surface area contributed by atoms with Gasteiger partial charge < -0.3 is 10.2 Å². The van der Waals surface area contributed by atoms with E-state index in [0.29, 0.717) is 12.5 Å². The van der Waals surface area contributed by atoms with Crippen LogP contribution in [0.3, 0.4) is 0 Å². The molecule has 1 saturated heterocycles. The number of benzene rings is 1. The van der Waals surface area contributed by atoms with E-state index < -0.39 is 0 Å². The molecule has 0 spiro atoms. The third-order valence-electron chi connectivity index (χ3n) is 4.34. The van der Waals surface area contributed by atoms with Crippen LogP contribution in [0.25, 0.3) is 0 Å². The van der Waals surface area contributed by atoms with Crippen molar-refractivity contribution in [2.24, 2.45) is 11.8 Å². The fraction of sp³-hybridized carbons (Fsp3) is 0.421. The zero-order valence-electron chi connectivity index (χ0n) is 14.5. The maximum Gasteiger partial charge on any atom is 0.227 e. The molecule has 1 aromatic heterocycles. The quantitative estimate of drug-likeness (QED) is 0.862. The highest BCUT2D eigenvalue weighted by Gasteiger charge is 2.36. The van der Waals surface area contributed by atoms with E-state index in [1.54, 1.807) is 22.4 Å². The number of anilines is 1. The Labute approximate surface area is 152 Å². The van der Waals surface area contributed by atoms with Crippen LogP contribution < -0.4 is 10.2 Å². The van der Waals surface area contributed by atoms with Crippen LogP contribution in [-0.4, -0.2) is 23.3 Å². The summed E-state index contributed by atoms with van der Waals surface area (Å²) in [6, 6.07) is 9.42. The summed E-state index contributed by atoms with van der Waals surface area (Å²) >= 11 is 1.55. The summed E-state index contributed by atoms with van der Waals surface area (Å²) in [6.45, 7) is 4.69. The van der Waals surface area contributed by atoms with E-state index in [0.717, 1.165) is 17.1 Å². The fourth-order valence-corrected chi connectivity index (χ4v) is 3.83. The highest BCUT2D eigenvalue weighted by Crippen LogP contribution is 2.27. The van der Waals surface area contributed by atoms with E-state index in [-0.39, 0.29) is 30.2 Å². The second-order valence-electron chi connectivity index (χ2n) is 6.80. The molecule has 2 heterocycles. The lowest BCUT2D eigenvalue weighted by atomic mass is 10.0. The van der Waals surface area contributed by atoms with E-state index in [9.17, 15) is 9.59 Å². The molecule has 1 N–H and O–H groups in total. The molecule has 2 aromatic rings. The van der Waals surface area contributed by atoms with E-state index in [1.807, 2.05) is 35.7 Å². The number of para-hydroxylation sites is 1. The molecule has 5 nitrogen and oxygen atoms in total. The lowest BCUT2D eigenvalue weighted by Gasteiger charge is -2.21. The molecule has 25 heavy (non-hydrogen) atoms. The topological polar surface area (TPSA) is 62.3 Å². The standard InChI is InChI=1S/C19H23N3O2S/c1-13(2)10-16(19-20-8-9-25-19)21-18(24)14-11-17(23)22(12-14)15-6-4-3-5-7-15/h3-9,13-14,16H,10-12H2,1-2H3,(H,21,24). The van der Waals surface area contributed by atoms with E-state index in [2.05, 4.69) is 24.1 Å². The average Bonchev–Trinajstić information content (AvgIpc) is 3.24. The van der Waals surface area contributed by atoms with Gasteiger partial charge >= 0.3 is 0 Å². The Bertz CT molecular complexity index is 716. The number of rotatable bonds is 6. The van der Waals surface area contributed by atoms with E-state index in [1.165, 1.54) is 0 Å². The highest BCUT2D eigenvalue weighted by molar-refractivity contribution is 7.09. The molecule has 2 atom stereocenters. The van der Waals surface area contributed by atoms with Gasteiger partial charge in [-0.1, -0.05) is 32.0 Å². The molecule has 0 bridgehead atoms. The van der Waals surface area contributed by atoms with Gasteiger partial charge in [-0.3, -0.25) is 9.59 Å². The monoisotopic (exact) mass is 357 g/mol. The smallest absolute Gasteiger partial charge is 0.227 e. The molecular formula is C19H23N3O2S. The van der Waals surface area contributed by atoms with Crippen molar-refractivity contribution in [1.82, 2.24) is 10.3 Å². The van der Waals surface area contributed by atoms with Crippen LogP contribution in [0.4, 0.5) is 5.69 Å². The van der Waals surface area contributed by atoms with Crippen molar-refractivity contribution >= 4 is 28.8 Å². The molecule has 1 fully saturated rings. The van der Waals surface area contributed by atoms with Crippen molar-refractivity contribution in [3.05, 3.63) is 46.9 Å². The summed E-state index contributed by atoms with van der Waals surface area (Å²) < 4.78 is 0. The summed E-state index contributed by atoms with van der Waals surface area (Å²) in [5, 5.41) is 5.96. The maximum atomic E-state index is 12.7. The van der Waals surface area contributed by atoms with Gasteiger partial charge in [0.2, 0.25) is 11.8 Å². The van der Waals surface area contributed by atoms with Crippen LogP contribution in [0, 0.1) is 11.8 Å². The highest BCUT2D eigenvalue weighted by atomic mass is 32.1. The molecule has 2 unspecified atom stereocenters. The summed E-state index contributed by atoms with van der Waals surface area (Å²) in [7, 11) is 0. The molecule has 1 aliphatic heterocycles. The van der Waals surface area contributed by atoms with Crippen LogP contribution in [0.15, 0.2) is 41.9 Å². The molecule has 2 amide bonds. The molecule has 0 saturated carbocycles. The predicted octanol–water partition coefficient (Wildman–Crippen LogP) is 3.40. The Kier molecular flexibility index (Phi) is 5.48. The van der Waals surface area contributed by atoms with Gasteiger partial charge in [-0.05, 0) is 24.5 Å². The summed E-state index contributed by atoms with van der Waals surface area (Å²) in [6.07, 6.45) is 2.85. The van der Waals surface area contributed by atoms with Gasteiger partial charge in [-0.25, -0.2) is 4.98 Å². The summed E-state index contributed by atoms with van der Waals surface area (Å²) in [5.74, 6) is 0.0659. The number of nitrogens with zero attached hydrogens (tertiary/aromatic N) is 2. The van der Waals surface area contributed by atoms with Crippen LogP contribution in [0.2, 0.25) is 0 Å². The number of nitrogens with one attached hydrogen (secondary N) is 1. The predicted molar refractivity (Wildman–Crippen MR) is 99.4 cm³/mol. The lowest BCUT2D eigenvalue weighted by molar-refractivity contribution is -0.127. The minimum atomic E-state index is -0.317. The number of carbonyl (C=O) groups is 2. The molecule has 132 valence electrons. The summed E-state index contributed by atoms with van der Waals surface area (Å²) in [5.41, 5.74) is 0.849. The van der Waals surface area contributed by atoms with Crippen LogP contribution in [0.5, 0.6) is 0 Å². The van der Waals surface area contributed by atoms with E-state index in [4.69, 9.17) is 0 Å². The SMILES string of the molecule is CC(C)CC(NC(=O)C1CC(=O)N(c2ccccc2)C1)c1nccs1. The van der Waals surface area contributed by atoms with Gasteiger partial charge in [-0.15, -0.1) is 11.3 Å². The fourth-order valence-electron chi connectivity index (χ4n) is 3.13. The average molecular weight is 357 g/mol. The van der Waals surface area contributed by atoms with Crippen LogP contribution in [-0.2, 0) is 9.59 Å². The van der Waals surface area contributed by atoms with Crippen molar-refractivity contribution < 1.29 is 9.59 Å². The first-order valence-corrected chi connectivity index (χ1v) is 9.47. The number of aromatic nitrogens is 1. The van der Waals surface area contributed by atoms with Gasteiger partial charge in [-0.2, -0.15) is 0 Å². The Hall–Kier alpha value is -2.21. The number of amides is 2. The minimum Gasteiger partial charge on any atom is -0.347 e. The minimum absolute atomic E-state index is 0.000934. The molecule has 1 aromatic carbocycles. The van der Waals surface area contributed by atoms with Crippen molar-refractivity contribution in [3.8, 4) is 0 Å². The third kappa shape index (κ3) is 4.25. The number of hydrogen-bond donors (Lipinski definition) is 1. The van der Waals surface area contributed by atoms with Gasteiger partial charge in [0.15, 0.2) is 0 Å². The lowest BCUT2D eigenvalue weighted by Crippen LogP contribution is -2.36.